The molecule has 1 aliphatic heterocycles. The van der Waals surface area contributed by atoms with Gasteiger partial charge in [0.05, 0.1) is 24.6 Å². The summed E-state index contributed by atoms with van der Waals surface area (Å²) in [5.41, 5.74) is 2.41. The number of carbonyl (C=O) groups excluding carboxylic acids is 1. The predicted octanol–water partition coefficient (Wildman–Crippen LogP) is 5.94. The van der Waals surface area contributed by atoms with E-state index in [0.717, 1.165) is 22.5 Å². The molecule has 0 bridgehead atoms. The van der Waals surface area contributed by atoms with Crippen molar-refractivity contribution in [1.82, 2.24) is 14.9 Å². The number of rotatable bonds is 7. The molecule has 4 rings (SSSR count). The Morgan fingerprint density at radius 1 is 1.29 bits per heavy atom. The fourth-order valence-corrected chi connectivity index (χ4v) is 6.15. The number of amides is 1. The number of aromatic nitrogens is 2. The number of hydrogen-bond donors (Lipinski definition) is 1. The van der Waals surface area contributed by atoms with Gasteiger partial charge >= 0.3 is 0 Å². The second-order valence-corrected chi connectivity index (χ2v) is 16.2. The van der Waals surface area contributed by atoms with Gasteiger partial charge in [0.1, 0.15) is 17.0 Å². The van der Waals surface area contributed by atoms with E-state index in [-0.39, 0.29) is 17.0 Å². The van der Waals surface area contributed by atoms with Crippen molar-refractivity contribution < 1.29 is 9.22 Å². The van der Waals surface area contributed by atoms with Crippen molar-refractivity contribution in [3.63, 3.8) is 0 Å². The quantitative estimate of drug-likeness (QED) is 0.325. The molecular weight excluding hydrogens is 460 g/mol. The highest BCUT2D eigenvalue weighted by Crippen LogP contribution is 2.40. The molecule has 6 nitrogen and oxygen atoms in total. The van der Waals surface area contributed by atoms with Crippen molar-refractivity contribution in [2.75, 3.05) is 18.5 Å². The minimum Gasteiger partial charge on any atom is -0.414 e. The van der Waals surface area contributed by atoms with Gasteiger partial charge in [0.15, 0.2) is 8.32 Å². The van der Waals surface area contributed by atoms with Crippen molar-refractivity contribution in [2.45, 2.75) is 57.9 Å². The topological polar surface area (TPSA) is 67.4 Å². The molecule has 3 heterocycles. The molecule has 0 aliphatic carbocycles. The van der Waals surface area contributed by atoms with Crippen LogP contribution in [0.25, 0.3) is 10.2 Å². The number of fused-ring (bicyclic) bond motifs is 3. The molecular formula is C26H34N4O2SSi. The molecule has 8 heteroatoms. The highest BCUT2D eigenvalue weighted by atomic mass is 32.1. The third-order valence-electron chi connectivity index (χ3n) is 7.05. The second-order valence-electron chi connectivity index (χ2n) is 10.3. The van der Waals surface area contributed by atoms with E-state index in [0.29, 0.717) is 19.7 Å². The van der Waals surface area contributed by atoms with Gasteiger partial charge in [0, 0.05) is 11.4 Å². The third kappa shape index (κ3) is 4.94. The summed E-state index contributed by atoms with van der Waals surface area (Å²) < 4.78 is 6.62. The van der Waals surface area contributed by atoms with E-state index in [1.807, 2.05) is 11.0 Å². The van der Waals surface area contributed by atoms with E-state index in [4.69, 9.17) is 4.43 Å². The van der Waals surface area contributed by atoms with Crippen molar-refractivity contribution in [1.29, 1.82) is 0 Å². The van der Waals surface area contributed by atoms with Crippen LogP contribution in [0.2, 0.25) is 18.1 Å². The summed E-state index contributed by atoms with van der Waals surface area (Å²) in [6, 6.07) is 10.4. The zero-order chi connectivity index (χ0) is 24.5. The first-order chi connectivity index (χ1) is 16.1. The monoisotopic (exact) mass is 494 g/mol. The lowest BCUT2D eigenvalue weighted by Gasteiger charge is -2.37. The number of carbonyl (C=O) groups is 1. The second kappa shape index (κ2) is 9.60. The first-order valence-corrected chi connectivity index (χ1v) is 15.4. The minimum atomic E-state index is -1.92. The maximum Gasteiger partial charge on any atom is 0.246 e. The largest absolute Gasteiger partial charge is 0.414 e. The van der Waals surface area contributed by atoms with Gasteiger partial charge in [-0.05, 0) is 41.8 Å². The molecule has 0 saturated heterocycles. The number of nitrogens with zero attached hydrogens (tertiary/aromatic N) is 3. The lowest BCUT2D eigenvalue weighted by atomic mass is 10.0. The lowest BCUT2D eigenvalue weighted by Crippen LogP contribution is -2.42. The lowest BCUT2D eigenvalue weighted by molar-refractivity contribution is -0.126. The molecule has 3 aromatic rings. The van der Waals surface area contributed by atoms with Gasteiger partial charge < -0.3 is 14.6 Å². The smallest absolute Gasteiger partial charge is 0.246 e. The van der Waals surface area contributed by atoms with Crippen LogP contribution in [0.3, 0.4) is 0 Å². The third-order valence-corrected chi connectivity index (χ3v) is 12.7. The first kappa shape index (κ1) is 24.6. The average molecular weight is 495 g/mol. The predicted molar refractivity (Wildman–Crippen MR) is 143 cm³/mol. The summed E-state index contributed by atoms with van der Waals surface area (Å²) in [5, 5.41) is 4.91. The Bertz CT molecular complexity index is 1190. The highest BCUT2D eigenvalue weighted by molar-refractivity contribution is 7.19. The van der Waals surface area contributed by atoms with Crippen LogP contribution in [-0.4, -0.2) is 42.2 Å². The van der Waals surface area contributed by atoms with Gasteiger partial charge in [-0.2, -0.15) is 0 Å². The van der Waals surface area contributed by atoms with E-state index in [2.05, 4.69) is 80.0 Å². The van der Waals surface area contributed by atoms with E-state index in [9.17, 15) is 4.79 Å². The molecule has 1 amide bonds. The van der Waals surface area contributed by atoms with E-state index < -0.39 is 8.32 Å². The summed E-state index contributed by atoms with van der Waals surface area (Å²) in [7, 11) is -1.92. The molecule has 1 aliphatic rings. The average Bonchev–Trinajstić information content (AvgIpc) is 3.19. The first-order valence-electron chi connectivity index (χ1n) is 11.7. The van der Waals surface area contributed by atoms with Crippen LogP contribution >= 0.6 is 11.3 Å². The molecule has 0 spiro atoms. The summed E-state index contributed by atoms with van der Waals surface area (Å²) in [6.45, 7) is 16.8. The Morgan fingerprint density at radius 2 is 2.03 bits per heavy atom. The van der Waals surface area contributed by atoms with Crippen LogP contribution < -0.4 is 5.32 Å². The molecule has 0 saturated carbocycles. The number of benzene rings is 1. The van der Waals surface area contributed by atoms with Crippen molar-refractivity contribution >= 4 is 41.6 Å². The van der Waals surface area contributed by atoms with E-state index >= 15 is 0 Å². The standard InChI is InChI=1S/C26H34N4O2SSi/c1-7-22(31)30-14-13-19-21(15-30)33-25-23(19)24(27-17-28-25)29-20(18-11-9-8-10-12-18)16-32-34(5,6)26(2,3)4/h7-12,17,20H,1,13-16H2,2-6H3,(H,27,28,29)/t20-/m1/s1. The fraction of sp³-hybridized carbons (Fsp3) is 0.423. The number of anilines is 1. The Morgan fingerprint density at radius 3 is 2.71 bits per heavy atom. The molecule has 34 heavy (non-hydrogen) atoms. The van der Waals surface area contributed by atoms with Gasteiger partial charge in [-0.15, -0.1) is 11.3 Å². The van der Waals surface area contributed by atoms with Gasteiger partial charge in [0.2, 0.25) is 5.91 Å². The molecule has 0 radical (unpaired) electrons. The molecule has 2 aromatic heterocycles. The summed E-state index contributed by atoms with van der Waals surface area (Å²) in [6.07, 6.45) is 3.79. The maximum absolute atomic E-state index is 12.1. The molecule has 1 aromatic carbocycles. The molecule has 1 N–H and O–H groups in total. The normalized spacial score (nSPS) is 15.1. The van der Waals surface area contributed by atoms with Crippen molar-refractivity contribution in [3.05, 3.63) is 65.3 Å². The van der Waals surface area contributed by atoms with Crippen LogP contribution in [0, 0.1) is 0 Å². The molecule has 0 unspecified atom stereocenters. The van der Waals surface area contributed by atoms with Crippen molar-refractivity contribution in [3.8, 4) is 0 Å². The van der Waals surface area contributed by atoms with Crippen molar-refractivity contribution in [2.24, 2.45) is 0 Å². The number of hydrogen-bond acceptors (Lipinski definition) is 6. The SMILES string of the molecule is C=CC(=O)N1CCc2c(sc3ncnc(N[C@H](CO[Si](C)(C)C(C)(C)C)c4ccccc4)c23)C1. The Hall–Kier alpha value is -2.55. The summed E-state index contributed by atoms with van der Waals surface area (Å²) in [4.78, 5) is 25.3. The van der Waals surface area contributed by atoms with Gasteiger partial charge in [-0.25, -0.2) is 9.97 Å². The van der Waals surface area contributed by atoms with Crippen LogP contribution in [0.5, 0.6) is 0 Å². The minimum absolute atomic E-state index is 0.0283. The summed E-state index contributed by atoms with van der Waals surface area (Å²) in [5.74, 6) is 0.804. The Kier molecular flexibility index (Phi) is 6.94. The number of thiophene rings is 1. The van der Waals surface area contributed by atoms with E-state index in [1.165, 1.54) is 22.1 Å². The molecule has 1 atom stereocenters. The Labute approximate surface area is 207 Å². The van der Waals surface area contributed by atoms with E-state index in [1.54, 1.807) is 17.7 Å². The molecule has 180 valence electrons. The maximum atomic E-state index is 12.1. The van der Waals surface area contributed by atoms with Crippen LogP contribution in [0.4, 0.5) is 5.82 Å². The zero-order valence-corrected chi connectivity index (χ0v) is 22.5. The Balaban J connectivity index is 1.66. The summed E-state index contributed by atoms with van der Waals surface area (Å²) >= 11 is 1.65. The van der Waals surface area contributed by atoms with Crippen LogP contribution in [0.1, 0.15) is 42.8 Å². The van der Waals surface area contributed by atoms with Gasteiger partial charge in [-0.3, -0.25) is 4.79 Å². The number of nitrogens with one attached hydrogen (secondary N) is 1. The van der Waals surface area contributed by atoms with Crippen LogP contribution in [-0.2, 0) is 22.2 Å². The van der Waals surface area contributed by atoms with Crippen LogP contribution in [0.15, 0.2) is 49.3 Å². The molecule has 0 fully saturated rings. The zero-order valence-electron chi connectivity index (χ0n) is 20.7. The highest BCUT2D eigenvalue weighted by Gasteiger charge is 2.38. The van der Waals surface area contributed by atoms with Gasteiger partial charge in [0.25, 0.3) is 0 Å². The van der Waals surface area contributed by atoms with Gasteiger partial charge in [-0.1, -0.05) is 57.7 Å². The fourth-order valence-electron chi connectivity index (χ4n) is 3.93.